The van der Waals surface area contributed by atoms with Gasteiger partial charge in [0.25, 0.3) is 0 Å². The van der Waals surface area contributed by atoms with E-state index < -0.39 is 0 Å². The Labute approximate surface area is 94.9 Å². The molecule has 3 fully saturated rings. The largest absolute Gasteiger partial charge is 0.281 e. The van der Waals surface area contributed by atoms with Gasteiger partial charge in [0.1, 0.15) is 0 Å². The fraction of sp³-hybridized carbons (Fsp3) is 0.769. The molecule has 0 aliphatic heterocycles. The van der Waals surface area contributed by atoms with Crippen molar-refractivity contribution in [2.24, 2.45) is 41.4 Å². The molecule has 0 heterocycles. The van der Waals surface area contributed by atoms with Crippen LogP contribution < -0.4 is 0 Å². The third kappa shape index (κ3) is 0.939. The summed E-state index contributed by atoms with van der Waals surface area (Å²) in [6, 6.07) is 0. The number of carbonyl (C=O) groups excluding carboxylic acids is 1. The van der Waals surface area contributed by atoms with E-state index in [1.54, 1.807) is 0 Å². The lowest BCUT2D eigenvalue weighted by Crippen LogP contribution is -2.33. The highest BCUT2D eigenvalue weighted by atomic mass is 35.5. The van der Waals surface area contributed by atoms with E-state index in [-0.39, 0.29) is 11.2 Å². The minimum Gasteiger partial charge on any atom is -0.281 e. The van der Waals surface area contributed by atoms with Gasteiger partial charge in [-0.15, -0.1) is 0 Å². The van der Waals surface area contributed by atoms with Crippen LogP contribution in [0.1, 0.15) is 19.3 Å². The molecule has 0 saturated heterocycles. The highest BCUT2D eigenvalue weighted by Gasteiger charge is 2.61. The molecule has 0 aromatic heterocycles. The molecular weight excluding hydrogens is 208 g/mol. The number of carbonyl (C=O) groups is 1. The smallest absolute Gasteiger partial charge is 0.225 e. The van der Waals surface area contributed by atoms with Crippen LogP contribution in [-0.2, 0) is 4.79 Å². The summed E-state index contributed by atoms with van der Waals surface area (Å²) in [5.74, 6) is 5.00. The van der Waals surface area contributed by atoms with E-state index in [1.165, 1.54) is 12.8 Å². The Kier molecular flexibility index (Phi) is 1.58. The Morgan fingerprint density at radius 1 is 1.07 bits per heavy atom. The van der Waals surface area contributed by atoms with Gasteiger partial charge >= 0.3 is 0 Å². The zero-order chi connectivity index (χ0) is 10.2. The van der Waals surface area contributed by atoms with Gasteiger partial charge in [-0.3, -0.25) is 4.79 Å². The van der Waals surface area contributed by atoms with Crippen LogP contribution in [0.2, 0.25) is 0 Å². The van der Waals surface area contributed by atoms with Crippen molar-refractivity contribution in [3.05, 3.63) is 12.2 Å². The fourth-order valence-electron chi connectivity index (χ4n) is 5.28. The van der Waals surface area contributed by atoms with E-state index >= 15 is 0 Å². The van der Waals surface area contributed by atoms with Gasteiger partial charge in [0.15, 0.2) is 0 Å². The first-order valence-corrected chi connectivity index (χ1v) is 6.51. The van der Waals surface area contributed by atoms with Crippen molar-refractivity contribution in [1.82, 2.24) is 0 Å². The Balaban J connectivity index is 1.71. The average Bonchev–Trinajstić information content (AvgIpc) is 2.95. The third-order valence-electron chi connectivity index (χ3n) is 5.56. The van der Waals surface area contributed by atoms with Crippen LogP contribution in [0.25, 0.3) is 0 Å². The first kappa shape index (κ1) is 8.81. The fourth-order valence-corrected chi connectivity index (χ4v) is 5.53. The Morgan fingerprint density at radius 3 is 2.53 bits per heavy atom. The van der Waals surface area contributed by atoms with Gasteiger partial charge in [-0.2, -0.15) is 0 Å². The second-order valence-electron chi connectivity index (χ2n) is 5.91. The van der Waals surface area contributed by atoms with E-state index in [4.69, 9.17) is 11.6 Å². The van der Waals surface area contributed by atoms with Crippen molar-refractivity contribution in [3.8, 4) is 0 Å². The number of allylic oxidation sites excluding steroid dienone is 2. The maximum absolute atomic E-state index is 11.4. The zero-order valence-electron chi connectivity index (χ0n) is 8.60. The maximum Gasteiger partial charge on any atom is 0.225 e. The molecule has 1 nitrogen and oxygen atoms in total. The van der Waals surface area contributed by atoms with Crippen molar-refractivity contribution in [1.29, 1.82) is 0 Å². The second-order valence-corrected chi connectivity index (χ2v) is 6.28. The molecule has 0 radical (unpaired) electrons. The van der Waals surface area contributed by atoms with Crippen LogP contribution in [0.3, 0.4) is 0 Å². The normalized spacial score (nSPS) is 58.9. The average molecular weight is 223 g/mol. The molecule has 0 amide bonds. The molecule has 80 valence electrons. The summed E-state index contributed by atoms with van der Waals surface area (Å²) in [5.41, 5.74) is 0. The monoisotopic (exact) mass is 222 g/mol. The second kappa shape index (κ2) is 2.68. The van der Waals surface area contributed by atoms with Crippen molar-refractivity contribution >= 4 is 16.8 Å². The van der Waals surface area contributed by atoms with Gasteiger partial charge in [-0.05, 0) is 66.4 Å². The SMILES string of the molecule is O=C(Cl)C1CC2CC1C1C3C=CC(C3)C21. The zero-order valence-corrected chi connectivity index (χ0v) is 9.36. The maximum atomic E-state index is 11.4. The lowest BCUT2D eigenvalue weighted by Gasteiger charge is -2.35. The molecule has 7 unspecified atom stereocenters. The molecule has 4 aliphatic rings. The minimum atomic E-state index is -0.0623. The highest BCUT2D eigenvalue weighted by Crippen LogP contribution is 2.67. The summed E-state index contributed by atoms with van der Waals surface area (Å²) in [7, 11) is 0. The highest BCUT2D eigenvalue weighted by molar-refractivity contribution is 6.64. The molecule has 4 aliphatic carbocycles. The summed E-state index contributed by atoms with van der Waals surface area (Å²) in [4.78, 5) is 11.4. The predicted molar refractivity (Wildman–Crippen MR) is 58.3 cm³/mol. The lowest BCUT2D eigenvalue weighted by molar-refractivity contribution is -0.117. The van der Waals surface area contributed by atoms with Gasteiger partial charge < -0.3 is 0 Å². The van der Waals surface area contributed by atoms with Gasteiger partial charge in [0, 0.05) is 5.92 Å². The predicted octanol–water partition coefficient (Wildman–Crippen LogP) is 2.85. The van der Waals surface area contributed by atoms with Crippen molar-refractivity contribution in [2.75, 3.05) is 0 Å². The van der Waals surface area contributed by atoms with Crippen LogP contribution in [-0.4, -0.2) is 5.24 Å². The van der Waals surface area contributed by atoms with Crippen LogP contribution in [0.5, 0.6) is 0 Å². The number of rotatable bonds is 1. The van der Waals surface area contributed by atoms with Crippen LogP contribution in [0, 0.1) is 41.4 Å². The minimum absolute atomic E-state index is 0.0623. The first-order valence-electron chi connectivity index (χ1n) is 6.13. The molecule has 0 spiro atoms. The quantitative estimate of drug-likeness (QED) is 0.379. The van der Waals surface area contributed by atoms with E-state index in [0.717, 1.165) is 36.0 Å². The lowest BCUT2D eigenvalue weighted by atomic mass is 9.70. The molecule has 0 aromatic carbocycles. The number of hydrogen-bond acceptors (Lipinski definition) is 1. The standard InChI is InChI=1S/C13H15ClO/c14-13(15)10-5-8-4-9(10)12-7-2-1-6(3-7)11(8)12/h1-2,6-12H,3-5H2. The molecule has 4 rings (SSSR count). The van der Waals surface area contributed by atoms with Crippen molar-refractivity contribution in [2.45, 2.75) is 19.3 Å². The molecule has 7 atom stereocenters. The summed E-state index contributed by atoms with van der Waals surface area (Å²) in [6.45, 7) is 0. The van der Waals surface area contributed by atoms with Crippen molar-refractivity contribution in [3.63, 3.8) is 0 Å². The van der Waals surface area contributed by atoms with E-state index in [0.29, 0.717) is 5.92 Å². The number of halogens is 1. The van der Waals surface area contributed by atoms with Gasteiger partial charge in [-0.1, -0.05) is 12.2 Å². The number of hydrogen-bond donors (Lipinski definition) is 0. The molecule has 0 aromatic rings. The molecular formula is C13H15ClO. The van der Waals surface area contributed by atoms with Gasteiger partial charge in [0.2, 0.25) is 5.24 Å². The Morgan fingerprint density at radius 2 is 1.80 bits per heavy atom. The Hall–Kier alpha value is -0.300. The summed E-state index contributed by atoms with van der Waals surface area (Å²) in [5, 5.41) is -0.0623. The topological polar surface area (TPSA) is 17.1 Å². The first-order chi connectivity index (χ1) is 7.25. The van der Waals surface area contributed by atoms with Crippen molar-refractivity contribution < 1.29 is 4.79 Å². The van der Waals surface area contributed by atoms with Crippen LogP contribution in [0.15, 0.2) is 12.2 Å². The van der Waals surface area contributed by atoms with E-state index in [2.05, 4.69) is 12.2 Å². The third-order valence-corrected chi connectivity index (χ3v) is 5.84. The van der Waals surface area contributed by atoms with Gasteiger partial charge in [-0.25, -0.2) is 0 Å². The number of fused-ring (bicyclic) bond motifs is 9. The molecule has 0 N–H and O–H groups in total. The summed E-state index contributed by atoms with van der Waals surface area (Å²) in [6.07, 6.45) is 8.58. The molecule has 4 bridgehead atoms. The molecule has 15 heavy (non-hydrogen) atoms. The van der Waals surface area contributed by atoms with E-state index in [9.17, 15) is 4.79 Å². The van der Waals surface area contributed by atoms with Gasteiger partial charge in [0.05, 0.1) is 0 Å². The Bertz CT molecular complexity index is 362. The summed E-state index contributed by atoms with van der Waals surface area (Å²) >= 11 is 5.71. The van der Waals surface area contributed by atoms with Crippen LogP contribution >= 0.6 is 11.6 Å². The molecule has 3 saturated carbocycles. The van der Waals surface area contributed by atoms with E-state index in [1.807, 2.05) is 0 Å². The van der Waals surface area contributed by atoms with Crippen LogP contribution in [0.4, 0.5) is 0 Å². The summed E-state index contributed by atoms with van der Waals surface area (Å²) < 4.78 is 0. The molecule has 2 heteroatoms.